The summed E-state index contributed by atoms with van der Waals surface area (Å²) >= 11 is 3.67. The Morgan fingerprint density at radius 1 is 0.286 bits per heavy atom. The molecule has 0 aliphatic heterocycles. The second-order valence-corrected chi connectivity index (χ2v) is 16.0. The lowest BCUT2D eigenvalue weighted by molar-refractivity contribution is 1.07. The van der Waals surface area contributed by atoms with Gasteiger partial charge in [0.25, 0.3) is 0 Å². The molecule has 6 heteroatoms. The molecular weight excluding hydrogens is 721 g/mol. The smallest absolute Gasteiger partial charge is 0.164 e. The van der Waals surface area contributed by atoms with Crippen LogP contribution in [0.15, 0.2) is 182 Å². The Hall–Kier alpha value is -6.86. The predicted octanol–water partition coefficient (Wildman–Crippen LogP) is 14.0. The molecule has 262 valence electrons. The third kappa shape index (κ3) is 5.75. The van der Waals surface area contributed by atoms with Crippen molar-refractivity contribution in [3.8, 4) is 67.5 Å². The average molecular weight is 751 g/mol. The zero-order chi connectivity index (χ0) is 37.0. The third-order valence-electron chi connectivity index (χ3n) is 10.4. The Kier molecular flexibility index (Phi) is 7.83. The van der Waals surface area contributed by atoms with Crippen molar-refractivity contribution in [3.05, 3.63) is 182 Å². The van der Waals surface area contributed by atoms with Crippen LogP contribution < -0.4 is 0 Å². The molecule has 0 unspecified atom stereocenters. The molecular formula is C50H30N4S2. The quantitative estimate of drug-likeness (QED) is 0.170. The van der Waals surface area contributed by atoms with Crippen LogP contribution in [0, 0.1) is 0 Å². The Labute approximate surface area is 331 Å². The summed E-state index contributed by atoms with van der Waals surface area (Å²) in [5.41, 5.74) is 9.36. The zero-order valence-electron chi connectivity index (χ0n) is 29.9. The van der Waals surface area contributed by atoms with Crippen LogP contribution in [-0.2, 0) is 0 Å². The average Bonchev–Trinajstić information content (AvgIpc) is 3.84. The summed E-state index contributed by atoms with van der Waals surface area (Å²) in [4.78, 5) is 19.9. The number of fused-ring (bicyclic) bond motifs is 6. The van der Waals surface area contributed by atoms with Crippen molar-refractivity contribution >= 4 is 63.0 Å². The molecule has 11 aromatic rings. The molecule has 0 bridgehead atoms. The van der Waals surface area contributed by atoms with Crippen molar-refractivity contribution in [1.82, 2.24) is 19.9 Å². The molecule has 0 aliphatic rings. The number of hydrogen-bond donors (Lipinski definition) is 0. The van der Waals surface area contributed by atoms with E-state index in [9.17, 15) is 0 Å². The first-order valence-corrected chi connectivity index (χ1v) is 20.2. The Balaban J connectivity index is 1.15. The van der Waals surface area contributed by atoms with E-state index in [4.69, 9.17) is 15.0 Å². The summed E-state index contributed by atoms with van der Waals surface area (Å²) in [5.74, 6) is 1.86. The van der Waals surface area contributed by atoms with Gasteiger partial charge in [-0.15, -0.1) is 22.7 Å². The van der Waals surface area contributed by atoms with Gasteiger partial charge in [-0.05, 0) is 100 Å². The summed E-state index contributed by atoms with van der Waals surface area (Å²) < 4.78 is 5.15. The number of thiophene rings is 2. The fourth-order valence-corrected chi connectivity index (χ4v) is 9.88. The molecule has 0 radical (unpaired) electrons. The van der Waals surface area contributed by atoms with Crippen LogP contribution in [0.3, 0.4) is 0 Å². The van der Waals surface area contributed by atoms with Crippen molar-refractivity contribution in [2.75, 3.05) is 0 Å². The molecule has 0 aliphatic carbocycles. The Bertz CT molecular complexity index is 3130. The minimum atomic E-state index is 0.616. The van der Waals surface area contributed by atoms with Gasteiger partial charge >= 0.3 is 0 Å². The highest BCUT2D eigenvalue weighted by molar-refractivity contribution is 7.26. The van der Waals surface area contributed by atoms with Gasteiger partial charge in [0.1, 0.15) is 0 Å². The second-order valence-electron chi connectivity index (χ2n) is 13.9. The van der Waals surface area contributed by atoms with E-state index in [-0.39, 0.29) is 0 Å². The minimum Gasteiger partial charge on any atom is -0.265 e. The van der Waals surface area contributed by atoms with Gasteiger partial charge in [-0.3, -0.25) is 4.98 Å². The van der Waals surface area contributed by atoms with Crippen LogP contribution in [0.5, 0.6) is 0 Å². The second kappa shape index (κ2) is 13.5. The number of aromatic nitrogens is 4. The minimum absolute atomic E-state index is 0.616. The molecule has 0 saturated carbocycles. The first-order chi connectivity index (χ1) is 27.7. The zero-order valence-corrected chi connectivity index (χ0v) is 31.6. The Morgan fingerprint density at radius 2 is 0.768 bits per heavy atom. The van der Waals surface area contributed by atoms with Crippen molar-refractivity contribution in [1.29, 1.82) is 0 Å². The van der Waals surface area contributed by atoms with E-state index in [1.54, 1.807) is 0 Å². The van der Waals surface area contributed by atoms with Gasteiger partial charge in [0.15, 0.2) is 17.5 Å². The molecule has 0 amide bonds. The monoisotopic (exact) mass is 750 g/mol. The highest BCUT2D eigenvalue weighted by Gasteiger charge is 2.18. The highest BCUT2D eigenvalue weighted by atomic mass is 32.1. The number of nitrogens with zero attached hydrogens (tertiary/aromatic N) is 4. The standard InChI is InChI=1S/C50H30N4S2/c1-2-10-32(11-3-1)48-52-49(54-50(53-48)41-15-5-4-12-38(41)31-22-24-51-25-23-31)37-27-35(33-18-20-46-42(29-33)39-13-6-8-16-44(39)55-46)26-36(28-37)34-19-21-47-43(30-34)40-14-7-9-17-45(40)56-47/h1-30H. The van der Waals surface area contributed by atoms with E-state index in [1.807, 2.05) is 71.5 Å². The van der Waals surface area contributed by atoms with Crippen LogP contribution in [0.25, 0.3) is 108 Å². The van der Waals surface area contributed by atoms with Crippen molar-refractivity contribution < 1.29 is 0 Å². The van der Waals surface area contributed by atoms with Gasteiger partial charge < -0.3 is 0 Å². The lowest BCUT2D eigenvalue weighted by atomic mass is 9.94. The number of rotatable bonds is 6. The molecule has 0 atom stereocenters. The van der Waals surface area contributed by atoms with Gasteiger partial charge in [-0.1, -0.05) is 103 Å². The fraction of sp³-hybridized carbons (Fsp3) is 0. The van der Waals surface area contributed by atoms with Crippen LogP contribution in [0.1, 0.15) is 0 Å². The Morgan fingerprint density at radius 3 is 1.39 bits per heavy atom. The topological polar surface area (TPSA) is 51.6 Å². The summed E-state index contributed by atoms with van der Waals surface area (Å²) in [5, 5.41) is 5.09. The number of pyridine rings is 1. The summed E-state index contributed by atoms with van der Waals surface area (Å²) in [7, 11) is 0. The molecule has 0 saturated heterocycles. The third-order valence-corrected chi connectivity index (χ3v) is 12.7. The molecule has 4 nitrogen and oxygen atoms in total. The van der Waals surface area contributed by atoms with E-state index in [0.29, 0.717) is 17.5 Å². The summed E-state index contributed by atoms with van der Waals surface area (Å²) in [6.45, 7) is 0. The van der Waals surface area contributed by atoms with Crippen LogP contribution >= 0.6 is 22.7 Å². The lowest BCUT2D eigenvalue weighted by Crippen LogP contribution is -2.01. The number of hydrogen-bond acceptors (Lipinski definition) is 6. The maximum atomic E-state index is 5.29. The van der Waals surface area contributed by atoms with E-state index < -0.39 is 0 Å². The molecule has 0 N–H and O–H groups in total. The molecule has 7 aromatic carbocycles. The summed E-state index contributed by atoms with van der Waals surface area (Å²) in [6, 6.07) is 60.3. The van der Waals surface area contributed by atoms with Crippen molar-refractivity contribution in [3.63, 3.8) is 0 Å². The number of benzene rings is 7. The molecule has 0 fully saturated rings. The van der Waals surface area contributed by atoms with Gasteiger partial charge in [0.05, 0.1) is 0 Å². The van der Waals surface area contributed by atoms with E-state index >= 15 is 0 Å². The molecule has 0 spiro atoms. The lowest BCUT2D eigenvalue weighted by Gasteiger charge is -2.14. The van der Waals surface area contributed by atoms with Crippen LogP contribution in [0.4, 0.5) is 0 Å². The molecule has 56 heavy (non-hydrogen) atoms. The first kappa shape index (κ1) is 32.6. The summed E-state index contributed by atoms with van der Waals surface area (Å²) in [6.07, 6.45) is 3.64. The van der Waals surface area contributed by atoms with E-state index in [1.165, 1.54) is 40.3 Å². The largest absolute Gasteiger partial charge is 0.265 e. The molecule has 4 aromatic heterocycles. The SMILES string of the molecule is c1ccc(-c2nc(-c3cc(-c4ccc5sc6ccccc6c5c4)cc(-c4ccc5sc6ccccc6c5c4)c3)nc(-c3ccccc3-c3ccncc3)n2)cc1. The van der Waals surface area contributed by atoms with Crippen molar-refractivity contribution in [2.45, 2.75) is 0 Å². The molecule has 11 rings (SSSR count). The normalized spacial score (nSPS) is 11.6. The maximum absolute atomic E-state index is 5.29. The van der Waals surface area contributed by atoms with E-state index in [0.717, 1.165) is 50.1 Å². The predicted molar refractivity (Wildman–Crippen MR) is 236 cm³/mol. The first-order valence-electron chi connectivity index (χ1n) is 18.5. The molecule has 4 heterocycles. The van der Waals surface area contributed by atoms with Gasteiger partial charge in [0.2, 0.25) is 0 Å². The highest BCUT2D eigenvalue weighted by Crippen LogP contribution is 2.41. The van der Waals surface area contributed by atoms with Crippen LogP contribution in [0.2, 0.25) is 0 Å². The van der Waals surface area contributed by atoms with Crippen molar-refractivity contribution in [2.24, 2.45) is 0 Å². The fourth-order valence-electron chi connectivity index (χ4n) is 7.70. The van der Waals surface area contributed by atoms with Gasteiger partial charge in [-0.2, -0.15) is 0 Å². The van der Waals surface area contributed by atoms with Crippen LogP contribution in [-0.4, -0.2) is 19.9 Å². The van der Waals surface area contributed by atoms with E-state index in [2.05, 4.69) is 138 Å². The van der Waals surface area contributed by atoms with Gasteiger partial charge in [-0.25, -0.2) is 15.0 Å². The van der Waals surface area contributed by atoms with Gasteiger partial charge in [0, 0.05) is 69.4 Å². The maximum Gasteiger partial charge on any atom is 0.164 e.